The molecule has 0 atom stereocenters. The number of benzene rings is 1. The molecule has 2 N–H and O–H groups in total. The van der Waals surface area contributed by atoms with E-state index in [1.54, 1.807) is 22.5 Å². The second-order valence-electron chi connectivity index (χ2n) is 5.51. The fourth-order valence-electron chi connectivity index (χ4n) is 2.39. The van der Waals surface area contributed by atoms with Gasteiger partial charge in [-0.15, -0.1) is 0 Å². The summed E-state index contributed by atoms with van der Waals surface area (Å²) in [6.07, 6.45) is 4.16. The molecule has 3 rings (SSSR count). The highest BCUT2D eigenvalue weighted by Crippen LogP contribution is 2.23. The molecule has 1 heterocycles. The Morgan fingerprint density at radius 3 is 2.62 bits per heavy atom. The third-order valence-electron chi connectivity index (χ3n) is 3.71. The highest BCUT2D eigenvalue weighted by Gasteiger charge is 2.27. The van der Waals surface area contributed by atoms with Gasteiger partial charge in [0.15, 0.2) is 5.11 Å². The third kappa shape index (κ3) is 3.53. The second-order valence-corrected chi connectivity index (χ2v) is 7.86. The van der Waals surface area contributed by atoms with E-state index in [-0.39, 0.29) is 0 Å². The molecule has 21 heavy (non-hydrogen) atoms. The molecule has 7 heteroatoms. The van der Waals surface area contributed by atoms with Crippen LogP contribution in [-0.2, 0) is 10.0 Å². The monoisotopic (exact) mass is 325 g/mol. The summed E-state index contributed by atoms with van der Waals surface area (Å²) >= 11 is 5.21. The SMILES string of the molecule is O=S(=O)(c1cccc(NC(=S)NC2CC2)c1)N1CCCC1. The number of rotatable bonds is 4. The molecule has 5 nitrogen and oxygen atoms in total. The normalized spacial score (nSPS) is 19.4. The van der Waals surface area contributed by atoms with Crippen molar-refractivity contribution in [1.29, 1.82) is 0 Å². The maximum atomic E-state index is 12.5. The second kappa shape index (κ2) is 5.90. The molecule has 2 aliphatic rings. The van der Waals surface area contributed by atoms with E-state index in [2.05, 4.69) is 10.6 Å². The summed E-state index contributed by atoms with van der Waals surface area (Å²) in [5.41, 5.74) is 0.702. The fraction of sp³-hybridized carbons (Fsp3) is 0.500. The van der Waals surface area contributed by atoms with Crippen LogP contribution in [0.2, 0.25) is 0 Å². The lowest BCUT2D eigenvalue weighted by atomic mass is 10.3. The van der Waals surface area contributed by atoms with Crippen molar-refractivity contribution in [3.8, 4) is 0 Å². The van der Waals surface area contributed by atoms with Crippen LogP contribution in [0.25, 0.3) is 0 Å². The van der Waals surface area contributed by atoms with Crippen LogP contribution in [0, 0.1) is 0 Å². The number of hydrogen-bond acceptors (Lipinski definition) is 3. The van der Waals surface area contributed by atoms with Crippen LogP contribution >= 0.6 is 12.2 Å². The number of anilines is 1. The molecule has 1 aliphatic heterocycles. The largest absolute Gasteiger partial charge is 0.360 e. The van der Waals surface area contributed by atoms with E-state index in [9.17, 15) is 8.42 Å². The molecule has 1 saturated heterocycles. The van der Waals surface area contributed by atoms with Crippen molar-refractivity contribution in [1.82, 2.24) is 9.62 Å². The van der Waals surface area contributed by atoms with Gasteiger partial charge < -0.3 is 10.6 Å². The van der Waals surface area contributed by atoms with Crippen molar-refractivity contribution < 1.29 is 8.42 Å². The lowest BCUT2D eigenvalue weighted by molar-refractivity contribution is 0.477. The van der Waals surface area contributed by atoms with Crippen LogP contribution in [0.3, 0.4) is 0 Å². The highest BCUT2D eigenvalue weighted by atomic mass is 32.2. The maximum absolute atomic E-state index is 12.5. The molecular weight excluding hydrogens is 306 g/mol. The fourth-order valence-corrected chi connectivity index (χ4v) is 4.24. The first kappa shape index (κ1) is 14.7. The first-order valence-corrected chi connectivity index (χ1v) is 9.08. The van der Waals surface area contributed by atoms with Crippen LogP contribution in [0.1, 0.15) is 25.7 Å². The summed E-state index contributed by atoms with van der Waals surface area (Å²) in [5, 5.41) is 6.78. The van der Waals surface area contributed by atoms with Crippen molar-refractivity contribution in [3.63, 3.8) is 0 Å². The summed E-state index contributed by atoms with van der Waals surface area (Å²) in [6, 6.07) is 7.32. The number of nitrogens with zero attached hydrogens (tertiary/aromatic N) is 1. The molecule has 0 radical (unpaired) electrons. The van der Waals surface area contributed by atoms with Crippen LogP contribution < -0.4 is 10.6 Å². The predicted molar refractivity (Wildman–Crippen MR) is 86.8 cm³/mol. The van der Waals surface area contributed by atoms with Gasteiger partial charge in [-0.25, -0.2) is 8.42 Å². The van der Waals surface area contributed by atoms with Crippen molar-refractivity contribution in [2.75, 3.05) is 18.4 Å². The Morgan fingerprint density at radius 2 is 1.95 bits per heavy atom. The molecule has 114 valence electrons. The zero-order valence-electron chi connectivity index (χ0n) is 11.7. The van der Waals surface area contributed by atoms with E-state index in [0.29, 0.717) is 34.8 Å². The Balaban J connectivity index is 1.74. The molecule has 0 aromatic heterocycles. The predicted octanol–water partition coefficient (Wildman–Crippen LogP) is 1.92. The minimum atomic E-state index is -3.38. The van der Waals surface area contributed by atoms with Crippen molar-refractivity contribution >= 4 is 33.0 Å². The first-order valence-electron chi connectivity index (χ1n) is 7.23. The van der Waals surface area contributed by atoms with Crippen LogP contribution in [0.4, 0.5) is 5.69 Å². The Hall–Kier alpha value is -1.18. The van der Waals surface area contributed by atoms with E-state index >= 15 is 0 Å². The summed E-state index contributed by atoms with van der Waals surface area (Å²) < 4.78 is 26.6. The first-order chi connectivity index (χ1) is 10.1. The van der Waals surface area contributed by atoms with E-state index in [4.69, 9.17) is 12.2 Å². The maximum Gasteiger partial charge on any atom is 0.243 e. The Labute approximate surface area is 130 Å². The van der Waals surface area contributed by atoms with Crippen LogP contribution in [0.5, 0.6) is 0 Å². The zero-order chi connectivity index (χ0) is 14.9. The van der Waals surface area contributed by atoms with Gasteiger partial charge in [0.2, 0.25) is 10.0 Å². The average Bonchev–Trinajstić information content (AvgIpc) is 3.08. The zero-order valence-corrected chi connectivity index (χ0v) is 13.3. The van der Waals surface area contributed by atoms with Gasteiger partial charge in [-0.1, -0.05) is 6.07 Å². The summed E-state index contributed by atoms with van der Waals surface area (Å²) in [6.45, 7) is 1.23. The van der Waals surface area contributed by atoms with Gasteiger partial charge in [0, 0.05) is 24.8 Å². The van der Waals surface area contributed by atoms with Gasteiger partial charge in [0.05, 0.1) is 4.90 Å². The summed E-state index contributed by atoms with van der Waals surface area (Å²) in [4.78, 5) is 0.323. The van der Waals surface area contributed by atoms with Gasteiger partial charge in [-0.2, -0.15) is 4.31 Å². The summed E-state index contributed by atoms with van der Waals surface area (Å²) in [5.74, 6) is 0. The van der Waals surface area contributed by atoms with E-state index in [1.165, 1.54) is 0 Å². The molecule has 0 spiro atoms. The number of thiocarbonyl (C=S) groups is 1. The average molecular weight is 325 g/mol. The van der Waals surface area contributed by atoms with Gasteiger partial charge in [0.1, 0.15) is 0 Å². The molecule has 1 aromatic carbocycles. The lowest BCUT2D eigenvalue weighted by Gasteiger charge is -2.16. The van der Waals surface area contributed by atoms with Gasteiger partial charge >= 0.3 is 0 Å². The lowest BCUT2D eigenvalue weighted by Crippen LogP contribution is -2.30. The number of sulfonamides is 1. The molecule has 0 unspecified atom stereocenters. The number of hydrogen-bond donors (Lipinski definition) is 2. The Morgan fingerprint density at radius 1 is 1.24 bits per heavy atom. The van der Waals surface area contributed by atoms with Crippen molar-refractivity contribution in [2.24, 2.45) is 0 Å². The standard InChI is InChI=1S/C14H19N3O2S2/c18-21(19,17-8-1-2-9-17)13-5-3-4-12(10-13)16-14(20)15-11-6-7-11/h3-5,10-11H,1-2,6-9H2,(H2,15,16,20). The Bertz CT molecular complexity index is 635. The van der Waals surface area contributed by atoms with Crippen LogP contribution in [0.15, 0.2) is 29.2 Å². The molecule has 0 amide bonds. The minimum Gasteiger partial charge on any atom is -0.360 e. The molecule has 2 fully saturated rings. The number of nitrogens with one attached hydrogen (secondary N) is 2. The van der Waals surface area contributed by atoms with Gasteiger partial charge in [-0.3, -0.25) is 0 Å². The van der Waals surface area contributed by atoms with Gasteiger partial charge in [-0.05, 0) is 56.1 Å². The van der Waals surface area contributed by atoms with E-state index in [1.807, 2.05) is 6.07 Å². The van der Waals surface area contributed by atoms with Crippen molar-refractivity contribution in [3.05, 3.63) is 24.3 Å². The molecule has 1 saturated carbocycles. The minimum absolute atomic E-state index is 0.323. The third-order valence-corrected chi connectivity index (χ3v) is 5.82. The molecule has 0 bridgehead atoms. The molecule has 1 aliphatic carbocycles. The topological polar surface area (TPSA) is 61.4 Å². The quantitative estimate of drug-likeness (QED) is 0.828. The van der Waals surface area contributed by atoms with Crippen molar-refractivity contribution in [2.45, 2.75) is 36.6 Å². The van der Waals surface area contributed by atoms with E-state index in [0.717, 1.165) is 25.7 Å². The van der Waals surface area contributed by atoms with Gasteiger partial charge in [0.25, 0.3) is 0 Å². The smallest absolute Gasteiger partial charge is 0.243 e. The molecule has 1 aromatic rings. The molecular formula is C14H19N3O2S2. The Kier molecular flexibility index (Phi) is 4.14. The van der Waals surface area contributed by atoms with E-state index < -0.39 is 10.0 Å². The summed E-state index contributed by atoms with van der Waals surface area (Å²) in [7, 11) is -3.38. The highest BCUT2D eigenvalue weighted by molar-refractivity contribution is 7.89. The van der Waals surface area contributed by atoms with Crippen LogP contribution in [-0.4, -0.2) is 37.0 Å².